The largest absolute Gasteiger partial charge is 0.481 e. The van der Waals surface area contributed by atoms with Crippen LogP contribution in [0.5, 0.6) is 0 Å². The van der Waals surface area contributed by atoms with Gasteiger partial charge < -0.3 is 15.3 Å². The maximum Gasteiger partial charge on any atom is 0.305 e. The fraction of sp³-hybridized carbons (Fsp3) is 0.400. The van der Waals surface area contributed by atoms with Crippen LogP contribution in [0.3, 0.4) is 0 Å². The second-order valence-electron chi connectivity index (χ2n) is 10.2. The SMILES string of the molecule is CC(C)c1ccc(CC2CCCc3c2nn(-c2ccc(F)cc2)c3/C=C/[C@H](O)C[C@H](O)CC(=O)O)cc1. The van der Waals surface area contributed by atoms with Gasteiger partial charge in [0.05, 0.1) is 35.7 Å². The van der Waals surface area contributed by atoms with E-state index in [4.69, 9.17) is 10.2 Å². The lowest BCUT2D eigenvalue weighted by Crippen LogP contribution is -2.19. The molecule has 0 spiro atoms. The minimum Gasteiger partial charge on any atom is -0.481 e. The van der Waals surface area contributed by atoms with E-state index in [2.05, 4.69) is 38.1 Å². The number of carboxylic acid groups (broad SMARTS) is 1. The van der Waals surface area contributed by atoms with E-state index in [1.807, 2.05) is 0 Å². The van der Waals surface area contributed by atoms with Crippen LogP contribution in [-0.4, -0.2) is 43.3 Å². The highest BCUT2D eigenvalue weighted by atomic mass is 19.1. The van der Waals surface area contributed by atoms with E-state index in [9.17, 15) is 19.4 Å². The summed E-state index contributed by atoms with van der Waals surface area (Å²) < 4.78 is 15.4. The molecule has 1 aliphatic rings. The van der Waals surface area contributed by atoms with Crippen molar-refractivity contribution in [3.05, 3.63) is 88.5 Å². The first-order valence-electron chi connectivity index (χ1n) is 12.9. The maximum atomic E-state index is 13.6. The molecule has 1 aliphatic carbocycles. The molecule has 3 N–H and O–H groups in total. The number of halogens is 1. The summed E-state index contributed by atoms with van der Waals surface area (Å²) in [6.45, 7) is 4.37. The average molecular weight is 507 g/mol. The van der Waals surface area contributed by atoms with E-state index >= 15 is 0 Å². The molecule has 4 rings (SSSR count). The molecule has 2 aromatic carbocycles. The summed E-state index contributed by atoms with van der Waals surface area (Å²) in [6.07, 6.45) is 4.45. The normalized spacial score (nSPS) is 17.2. The van der Waals surface area contributed by atoms with Gasteiger partial charge in [-0.3, -0.25) is 4.79 Å². The van der Waals surface area contributed by atoms with Crippen molar-refractivity contribution < 1.29 is 24.5 Å². The third-order valence-electron chi connectivity index (χ3n) is 7.02. The molecule has 7 heteroatoms. The fourth-order valence-corrected chi connectivity index (χ4v) is 5.04. The first-order chi connectivity index (χ1) is 17.7. The molecule has 3 atom stereocenters. The lowest BCUT2D eigenvalue weighted by atomic mass is 9.82. The van der Waals surface area contributed by atoms with E-state index in [-0.39, 0.29) is 18.2 Å². The third-order valence-corrected chi connectivity index (χ3v) is 7.02. The summed E-state index contributed by atoms with van der Waals surface area (Å²) in [5.74, 6) is -0.721. The van der Waals surface area contributed by atoms with Crippen molar-refractivity contribution in [2.24, 2.45) is 0 Å². The molecule has 0 radical (unpaired) electrons. The van der Waals surface area contributed by atoms with Gasteiger partial charge >= 0.3 is 5.97 Å². The Morgan fingerprint density at radius 1 is 1.14 bits per heavy atom. The van der Waals surface area contributed by atoms with Crippen LogP contribution in [0.25, 0.3) is 11.8 Å². The van der Waals surface area contributed by atoms with Crippen molar-refractivity contribution in [1.82, 2.24) is 9.78 Å². The molecule has 0 aliphatic heterocycles. The van der Waals surface area contributed by atoms with Gasteiger partial charge in [-0.1, -0.05) is 44.2 Å². The van der Waals surface area contributed by atoms with Crippen LogP contribution in [0.2, 0.25) is 0 Å². The predicted molar refractivity (Wildman–Crippen MR) is 141 cm³/mol. The number of hydrogen-bond acceptors (Lipinski definition) is 4. The molecule has 37 heavy (non-hydrogen) atoms. The Bertz CT molecular complexity index is 1230. The number of carbonyl (C=O) groups is 1. The number of rotatable bonds is 10. The Balaban J connectivity index is 1.65. The molecule has 6 nitrogen and oxygen atoms in total. The maximum absolute atomic E-state index is 13.6. The molecule has 196 valence electrons. The van der Waals surface area contributed by atoms with Crippen LogP contribution >= 0.6 is 0 Å². The molecule has 0 saturated heterocycles. The molecule has 3 aromatic rings. The highest BCUT2D eigenvalue weighted by Crippen LogP contribution is 2.37. The first kappa shape index (κ1) is 26.8. The van der Waals surface area contributed by atoms with Gasteiger partial charge in [-0.2, -0.15) is 5.10 Å². The Morgan fingerprint density at radius 2 is 1.84 bits per heavy atom. The van der Waals surface area contributed by atoms with Crippen molar-refractivity contribution in [2.45, 2.75) is 76.4 Å². The molecule has 0 bridgehead atoms. The summed E-state index contributed by atoms with van der Waals surface area (Å²) in [5, 5.41) is 34.2. The first-order valence-corrected chi connectivity index (χ1v) is 12.9. The Labute approximate surface area is 217 Å². The van der Waals surface area contributed by atoms with Gasteiger partial charge in [0.15, 0.2) is 0 Å². The Morgan fingerprint density at radius 3 is 2.49 bits per heavy atom. The third kappa shape index (κ3) is 6.73. The lowest BCUT2D eigenvalue weighted by Gasteiger charge is -2.22. The standard InChI is InChI=1S/C30H35FN2O4/c1-19(2)21-8-6-20(7-9-21)16-22-4-3-5-27-28(15-14-25(34)17-26(35)18-29(36)37)33(32-30(22)27)24-12-10-23(31)11-13-24/h6-15,19,22,25-26,34-35H,3-5,16-18H2,1-2H3,(H,36,37)/b15-14+/t22?,25-,26-/m0/s1. The summed E-state index contributed by atoms with van der Waals surface area (Å²) in [6, 6.07) is 14.9. The van der Waals surface area contributed by atoms with E-state index in [1.54, 1.807) is 29.0 Å². The van der Waals surface area contributed by atoms with Gasteiger partial charge in [-0.25, -0.2) is 9.07 Å². The van der Waals surface area contributed by atoms with E-state index in [0.717, 1.165) is 48.3 Å². The number of aliphatic carboxylic acids is 1. The van der Waals surface area contributed by atoms with Crippen molar-refractivity contribution in [1.29, 1.82) is 0 Å². The van der Waals surface area contributed by atoms with E-state index in [0.29, 0.717) is 5.92 Å². The topological polar surface area (TPSA) is 95.6 Å². The quantitative estimate of drug-likeness (QED) is 0.342. The molecule has 1 unspecified atom stereocenters. The number of carboxylic acids is 1. The van der Waals surface area contributed by atoms with Gasteiger partial charge in [-0.15, -0.1) is 0 Å². The molecular formula is C30H35FN2O4. The molecule has 0 saturated carbocycles. The van der Waals surface area contributed by atoms with Gasteiger partial charge in [-0.05, 0) is 73.1 Å². The van der Waals surface area contributed by atoms with Crippen molar-refractivity contribution in [2.75, 3.05) is 0 Å². The molecule has 0 amide bonds. The van der Waals surface area contributed by atoms with Crippen LogP contribution in [-0.2, 0) is 17.6 Å². The Hall–Kier alpha value is -3.29. The lowest BCUT2D eigenvalue weighted by molar-refractivity contribution is -0.139. The van der Waals surface area contributed by atoms with Crippen molar-refractivity contribution in [3.63, 3.8) is 0 Å². The molecule has 1 heterocycles. The van der Waals surface area contributed by atoms with Crippen molar-refractivity contribution in [3.8, 4) is 5.69 Å². The number of nitrogens with zero attached hydrogens (tertiary/aromatic N) is 2. The summed E-state index contributed by atoms with van der Waals surface area (Å²) in [4.78, 5) is 10.8. The smallest absolute Gasteiger partial charge is 0.305 e. The van der Waals surface area contributed by atoms with Gasteiger partial charge in [0, 0.05) is 17.9 Å². The van der Waals surface area contributed by atoms with E-state index < -0.39 is 24.6 Å². The minimum atomic E-state index is -1.14. The fourth-order valence-electron chi connectivity index (χ4n) is 5.04. The zero-order chi connectivity index (χ0) is 26.5. The number of aliphatic hydroxyl groups excluding tert-OH is 2. The number of aliphatic hydroxyl groups is 2. The number of fused-ring (bicyclic) bond motifs is 1. The second kappa shape index (κ2) is 11.8. The molecule has 1 aromatic heterocycles. The predicted octanol–water partition coefficient (Wildman–Crippen LogP) is 5.40. The van der Waals surface area contributed by atoms with E-state index in [1.165, 1.54) is 23.3 Å². The van der Waals surface area contributed by atoms with Crippen LogP contribution in [0.4, 0.5) is 4.39 Å². The number of aromatic nitrogens is 2. The number of hydrogen-bond donors (Lipinski definition) is 3. The minimum absolute atomic E-state index is 0.0787. The number of benzene rings is 2. The van der Waals surface area contributed by atoms with Gasteiger partial charge in [0.25, 0.3) is 0 Å². The highest BCUT2D eigenvalue weighted by Gasteiger charge is 2.28. The average Bonchev–Trinajstić information content (AvgIpc) is 3.22. The van der Waals surface area contributed by atoms with Crippen LogP contribution < -0.4 is 0 Å². The molecular weight excluding hydrogens is 471 g/mol. The second-order valence-corrected chi connectivity index (χ2v) is 10.2. The van der Waals surface area contributed by atoms with Crippen LogP contribution in [0.1, 0.15) is 79.4 Å². The van der Waals surface area contributed by atoms with Gasteiger partial charge in [0.2, 0.25) is 0 Å². The van der Waals surface area contributed by atoms with Gasteiger partial charge in [0.1, 0.15) is 5.82 Å². The van der Waals surface area contributed by atoms with Crippen LogP contribution in [0.15, 0.2) is 54.6 Å². The molecule has 0 fully saturated rings. The highest BCUT2D eigenvalue weighted by molar-refractivity contribution is 5.67. The summed E-state index contributed by atoms with van der Waals surface area (Å²) >= 11 is 0. The zero-order valence-electron chi connectivity index (χ0n) is 21.3. The zero-order valence-corrected chi connectivity index (χ0v) is 21.3. The summed E-state index contributed by atoms with van der Waals surface area (Å²) in [5.41, 5.74) is 6.23. The Kier molecular flexibility index (Phi) is 8.56. The van der Waals surface area contributed by atoms with Crippen molar-refractivity contribution >= 4 is 12.0 Å². The van der Waals surface area contributed by atoms with Crippen LogP contribution in [0, 0.1) is 5.82 Å². The summed E-state index contributed by atoms with van der Waals surface area (Å²) in [7, 11) is 0. The monoisotopic (exact) mass is 506 g/mol.